The molecule has 0 aliphatic heterocycles. The monoisotopic (exact) mass is 410 g/mol. The van der Waals surface area contributed by atoms with E-state index in [1.807, 2.05) is 24.4 Å². The van der Waals surface area contributed by atoms with Gasteiger partial charge in [-0.1, -0.05) is 54.6 Å². The number of aryl methyl sites for hydroxylation is 1. The Labute approximate surface area is 182 Å². The maximum atomic E-state index is 9.12. The maximum Gasteiger partial charge on any atom is 0.163 e. The van der Waals surface area contributed by atoms with Crippen molar-refractivity contribution in [3.05, 3.63) is 78.2 Å². The number of aliphatic hydroxyl groups excluding tert-OH is 1. The fourth-order valence-corrected chi connectivity index (χ4v) is 4.22. The first-order valence-electron chi connectivity index (χ1n) is 10.9. The molecule has 0 saturated heterocycles. The fraction of sp³-hybridized carbons (Fsp3) is 0.269. The van der Waals surface area contributed by atoms with Gasteiger partial charge in [-0.15, -0.1) is 0 Å². The zero-order valence-electron chi connectivity index (χ0n) is 17.5. The highest BCUT2D eigenvalue weighted by Crippen LogP contribution is 2.40. The summed E-state index contributed by atoms with van der Waals surface area (Å²) in [5.41, 5.74) is 12.3. The second-order valence-electron chi connectivity index (χ2n) is 8.36. The average Bonchev–Trinajstić information content (AvgIpc) is 2.81. The Morgan fingerprint density at radius 1 is 0.935 bits per heavy atom. The van der Waals surface area contributed by atoms with Gasteiger partial charge in [-0.3, -0.25) is 0 Å². The minimum atomic E-state index is -0.174. The maximum absolute atomic E-state index is 9.12. The molecular weight excluding hydrogens is 384 g/mol. The van der Waals surface area contributed by atoms with Crippen LogP contribution in [0.5, 0.6) is 0 Å². The third kappa shape index (κ3) is 3.82. The molecule has 1 saturated carbocycles. The van der Waals surface area contributed by atoms with Gasteiger partial charge in [0.1, 0.15) is 5.82 Å². The van der Waals surface area contributed by atoms with Gasteiger partial charge in [0.15, 0.2) is 5.65 Å². The molecule has 0 spiro atoms. The minimum absolute atomic E-state index is 0.127. The standard InChI is InChI=1S/C26H26N4O/c27-26(13-5-14-26)21-11-9-19(10-12-21)24-22(18-6-2-1-3-7-18)16-20-17-28-23(8-4-15-31)29-25(20)30-24/h1-3,6-7,9-12,16-17,31H,4-5,8,13-15,27H2. The van der Waals surface area contributed by atoms with Gasteiger partial charge >= 0.3 is 0 Å². The van der Waals surface area contributed by atoms with E-state index in [0.717, 1.165) is 40.6 Å². The summed E-state index contributed by atoms with van der Waals surface area (Å²) >= 11 is 0. The fourth-order valence-electron chi connectivity index (χ4n) is 4.22. The third-order valence-electron chi connectivity index (χ3n) is 6.24. The van der Waals surface area contributed by atoms with Gasteiger partial charge in [0.05, 0.1) is 5.69 Å². The van der Waals surface area contributed by atoms with Gasteiger partial charge in [-0.25, -0.2) is 15.0 Å². The highest BCUT2D eigenvalue weighted by atomic mass is 16.2. The van der Waals surface area contributed by atoms with Crippen LogP contribution < -0.4 is 5.73 Å². The minimum Gasteiger partial charge on any atom is -0.396 e. The molecule has 31 heavy (non-hydrogen) atoms. The summed E-state index contributed by atoms with van der Waals surface area (Å²) < 4.78 is 0. The molecule has 2 heterocycles. The Morgan fingerprint density at radius 2 is 1.71 bits per heavy atom. The number of aromatic nitrogens is 3. The van der Waals surface area contributed by atoms with E-state index >= 15 is 0 Å². The predicted octanol–water partition coefficient (Wildman–Crippen LogP) is 4.62. The number of nitrogens with zero attached hydrogens (tertiary/aromatic N) is 3. The lowest BCUT2D eigenvalue weighted by atomic mass is 9.72. The van der Waals surface area contributed by atoms with E-state index in [2.05, 4.69) is 52.4 Å². The van der Waals surface area contributed by atoms with Gasteiger partial charge < -0.3 is 10.8 Å². The highest BCUT2D eigenvalue weighted by Gasteiger charge is 2.34. The summed E-state index contributed by atoms with van der Waals surface area (Å²) in [4.78, 5) is 14.1. The van der Waals surface area contributed by atoms with Crippen LogP contribution >= 0.6 is 0 Å². The van der Waals surface area contributed by atoms with Crippen molar-refractivity contribution in [1.82, 2.24) is 15.0 Å². The third-order valence-corrected chi connectivity index (χ3v) is 6.24. The van der Waals surface area contributed by atoms with Crippen LogP contribution in [0, 0.1) is 0 Å². The van der Waals surface area contributed by atoms with E-state index in [1.165, 1.54) is 12.0 Å². The van der Waals surface area contributed by atoms with Crippen LogP contribution in [-0.2, 0) is 12.0 Å². The van der Waals surface area contributed by atoms with Gasteiger partial charge in [0, 0.05) is 41.3 Å². The molecule has 1 aliphatic carbocycles. The summed E-state index contributed by atoms with van der Waals surface area (Å²) in [6.45, 7) is 0.127. The Kier molecular flexibility index (Phi) is 5.22. The number of hydrogen-bond donors (Lipinski definition) is 2. The molecular formula is C26H26N4O. The van der Waals surface area contributed by atoms with Crippen LogP contribution in [0.1, 0.15) is 37.1 Å². The summed E-state index contributed by atoms with van der Waals surface area (Å²) in [6.07, 6.45) is 6.39. The van der Waals surface area contributed by atoms with Gasteiger partial charge in [-0.05, 0) is 42.9 Å². The molecule has 0 unspecified atom stereocenters. The van der Waals surface area contributed by atoms with Crippen molar-refractivity contribution in [3.63, 3.8) is 0 Å². The molecule has 1 fully saturated rings. The molecule has 156 valence electrons. The first-order chi connectivity index (χ1) is 15.2. The second-order valence-corrected chi connectivity index (χ2v) is 8.36. The van der Waals surface area contributed by atoms with Gasteiger partial charge in [0.2, 0.25) is 0 Å². The SMILES string of the molecule is NC1(c2ccc(-c3nc4nc(CCCO)ncc4cc3-c3ccccc3)cc2)CCC1. The number of nitrogens with two attached hydrogens (primary N) is 1. The van der Waals surface area contributed by atoms with Gasteiger partial charge in [-0.2, -0.15) is 0 Å². The zero-order chi connectivity index (χ0) is 21.3. The van der Waals surface area contributed by atoms with E-state index in [9.17, 15) is 0 Å². The molecule has 0 atom stereocenters. The van der Waals surface area contributed by atoms with Crippen LogP contribution in [0.4, 0.5) is 0 Å². The summed E-state index contributed by atoms with van der Waals surface area (Å²) in [5.74, 6) is 0.706. The van der Waals surface area contributed by atoms with E-state index in [4.69, 9.17) is 15.8 Å². The normalized spacial score (nSPS) is 15.0. The average molecular weight is 411 g/mol. The second kappa shape index (κ2) is 8.17. The zero-order valence-corrected chi connectivity index (χ0v) is 17.5. The highest BCUT2D eigenvalue weighted by molar-refractivity contribution is 5.89. The molecule has 4 aromatic rings. The number of benzene rings is 2. The molecule has 5 heteroatoms. The Morgan fingerprint density at radius 3 is 2.39 bits per heavy atom. The van der Waals surface area contributed by atoms with Crippen molar-refractivity contribution in [2.75, 3.05) is 6.61 Å². The van der Waals surface area contributed by atoms with Gasteiger partial charge in [0.25, 0.3) is 0 Å². The number of pyridine rings is 1. The number of rotatable bonds is 6. The van der Waals surface area contributed by atoms with Crippen LogP contribution in [-0.4, -0.2) is 26.7 Å². The lowest BCUT2D eigenvalue weighted by Crippen LogP contribution is -2.43. The Balaban J connectivity index is 1.63. The number of aliphatic hydroxyl groups is 1. The van der Waals surface area contributed by atoms with E-state index in [0.29, 0.717) is 24.3 Å². The van der Waals surface area contributed by atoms with Crippen molar-refractivity contribution >= 4 is 11.0 Å². The first kappa shape index (κ1) is 19.8. The molecule has 5 nitrogen and oxygen atoms in total. The van der Waals surface area contributed by atoms with Crippen molar-refractivity contribution in [2.45, 2.75) is 37.6 Å². The first-order valence-corrected chi connectivity index (χ1v) is 10.9. The molecule has 0 amide bonds. The molecule has 5 rings (SSSR count). The molecule has 0 bridgehead atoms. The van der Waals surface area contributed by atoms with Crippen molar-refractivity contribution in [1.29, 1.82) is 0 Å². The Hall–Kier alpha value is -3.15. The molecule has 0 radical (unpaired) electrons. The van der Waals surface area contributed by atoms with Crippen LogP contribution in [0.2, 0.25) is 0 Å². The van der Waals surface area contributed by atoms with Crippen molar-refractivity contribution in [3.8, 4) is 22.4 Å². The van der Waals surface area contributed by atoms with Crippen molar-refractivity contribution < 1.29 is 5.11 Å². The summed E-state index contributed by atoms with van der Waals surface area (Å²) in [7, 11) is 0. The summed E-state index contributed by atoms with van der Waals surface area (Å²) in [6, 6.07) is 20.9. The largest absolute Gasteiger partial charge is 0.396 e. The lowest BCUT2D eigenvalue weighted by Gasteiger charge is -2.38. The van der Waals surface area contributed by atoms with E-state index in [-0.39, 0.29) is 12.1 Å². The Bertz CT molecular complexity index is 1200. The topological polar surface area (TPSA) is 84.9 Å². The quantitative estimate of drug-likeness (QED) is 0.484. The molecule has 2 aromatic carbocycles. The summed E-state index contributed by atoms with van der Waals surface area (Å²) in [5, 5.41) is 10.0. The van der Waals surface area contributed by atoms with Crippen LogP contribution in [0.15, 0.2) is 66.9 Å². The number of fused-ring (bicyclic) bond motifs is 1. The van der Waals surface area contributed by atoms with E-state index in [1.54, 1.807) is 0 Å². The molecule has 3 N–H and O–H groups in total. The molecule has 1 aliphatic rings. The van der Waals surface area contributed by atoms with Crippen LogP contribution in [0.3, 0.4) is 0 Å². The molecule has 2 aromatic heterocycles. The predicted molar refractivity (Wildman–Crippen MR) is 123 cm³/mol. The lowest BCUT2D eigenvalue weighted by molar-refractivity contribution is 0.253. The number of hydrogen-bond acceptors (Lipinski definition) is 5. The van der Waals surface area contributed by atoms with Crippen molar-refractivity contribution in [2.24, 2.45) is 5.73 Å². The smallest absolute Gasteiger partial charge is 0.163 e. The van der Waals surface area contributed by atoms with Crippen LogP contribution in [0.25, 0.3) is 33.4 Å². The van der Waals surface area contributed by atoms with E-state index < -0.39 is 0 Å².